The third-order valence-electron chi connectivity index (χ3n) is 4.31. The van der Waals surface area contributed by atoms with Gasteiger partial charge in [0.05, 0.1) is 28.4 Å². The van der Waals surface area contributed by atoms with Gasteiger partial charge in [-0.2, -0.15) is 16.8 Å². The fourth-order valence-corrected chi connectivity index (χ4v) is 5.05. The highest BCUT2D eigenvalue weighted by molar-refractivity contribution is 7.86. The van der Waals surface area contributed by atoms with Crippen molar-refractivity contribution in [3.63, 3.8) is 0 Å². The molecule has 0 spiro atoms. The highest BCUT2D eigenvalue weighted by atomic mass is 32.2. The first-order valence-corrected chi connectivity index (χ1v) is 10.4. The molecule has 2 N–H and O–H groups in total. The van der Waals surface area contributed by atoms with Crippen molar-refractivity contribution in [2.45, 2.75) is 9.79 Å². The Morgan fingerprint density at radius 3 is 1.18 bits per heavy atom. The number of methoxy groups -OCH3 is 4. The van der Waals surface area contributed by atoms with Crippen molar-refractivity contribution in [3.05, 3.63) is 12.1 Å². The fraction of sp³-hybridized carbons (Fsp3) is 0.250. The van der Waals surface area contributed by atoms with E-state index >= 15 is 0 Å². The van der Waals surface area contributed by atoms with E-state index in [1.807, 2.05) is 0 Å². The van der Waals surface area contributed by atoms with E-state index in [4.69, 9.17) is 18.9 Å². The minimum atomic E-state index is -4.87. The second kappa shape index (κ2) is 6.51. The van der Waals surface area contributed by atoms with Gasteiger partial charge in [0.25, 0.3) is 20.2 Å². The molecule has 0 bridgehead atoms. The predicted molar refractivity (Wildman–Crippen MR) is 96.7 cm³/mol. The Balaban J connectivity index is 2.56. The summed E-state index contributed by atoms with van der Waals surface area (Å²) in [4.78, 5) is -1.37. The zero-order chi connectivity index (χ0) is 21.0. The quantitative estimate of drug-likeness (QED) is 0.553. The normalized spacial score (nSPS) is 12.5. The van der Waals surface area contributed by atoms with E-state index in [1.165, 1.54) is 26.4 Å². The van der Waals surface area contributed by atoms with E-state index in [0.717, 1.165) is 14.2 Å². The molecule has 0 amide bonds. The lowest BCUT2D eigenvalue weighted by Gasteiger charge is -2.31. The average Bonchev–Trinajstić information content (AvgIpc) is 2.61. The fourth-order valence-electron chi connectivity index (χ4n) is 3.27. The molecule has 1 aliphatic carbocycles. The average molecular weight is 432 g/mol. The second-order valence-corrected chi connectivity index (χ2v) is 8.39. The number of hydrogen-bond donors (Lipinski definition) is 2. The molecule has 10 nitrogen and oxygen atoms in total. The van der Waals surface area contributed by atoms with E-state index in [2.05, 4.69) is 0 Å². The number of fused-ring (bicyclic) bond motifs is 4. The molecule has 12 heteroatoms. The molecule has 0 aliphatic heterocycles. The Morgan fingerprint density at radius 2 is 0.964 bits per heavy atom. The van der Waals surface area contributed by atoms with Crippen LogP contribution in [-0.2, 0) is 20.2 Å². The minimum absolute atomic E-state index is 0.00251. The zero-order valence-corrected chi connectivity index (χ0v) is 16.8. The Hall–Kier alpha value is -2.54. The SMILES string of the molecule is COc1cc2c(c(S(=O)(=O)O)c1OC)-c1c-2cc(OC)c(OC)c1S(=O)(=O)O. The van der Waals surface area contributed by atoms with Gasteiger partial charge in [0.2, 0.25) is 0 Å². The largest absolute Gasteiger partial charge is 0.493 e. The Kier molecular flexibility index (Phi) is 4.70. The first kappa shape index (κ1) is 20.2. The molecular formula is C16H16O10S2. The molecule has 3 rings (SSSR count). The van der Waals surface area contributed by atoms with Crippen molar-refractivity contribution >= 4 is 20.2 Å². The zero-order valence-electron chi connectivity index (χ0n) is 15.1. The maximum atomic E-state index is 12.1. The van der Waals surface area contributed by atoms with Crippen LogP contribution in [-0.4, -0.2) is 54.4 Å². The van der Waals surface area contributed by atoms with Gasteiger partial charge in [-0.15, -0.1) is 0 Å². The molecule has 0 heterocycles. The molecule has 2 aromatic rings. The maximum absolute atomic E-state index is 12.1. The number of rotatable bonds is 6. The summed E-state index contributed by atoms with van der Waals surface area (Å²) in [6.07, 6.45) is 0. The summed E-state index contributed by atoms with van der Waals surface area (Å²) in [6.45, 7) is 0. The molecule has 152 valence electrons. The standard InChI is InChI=1S/C16H16O10S2/c1-23-9-5-7-8-6-10(24-2)14(26-4)16(28(20,21)22)12(8)11(7)15(13(9)25-3)27(17,18)19/h5-6H,1-4H3,(H,17,18,19)(H,20,21,22). The monoisotopic (exact) mass is 432 g/mol. The van der Waals surface area contributed by atoms with Gasteiger partial charge < -0.3 is 18.9 Å². The molecule has 2 aromatic carbocycles. The highest BCUT2D eigenvalue weighted by Gasteiger charge is 2.42. The summed E-state index contributed by atoms with van der Waals surface area (Å²) in [5, 5.41) is 0. The Bertz CT molecular complexity index is 1100. The molecule has 0 atom stereocenters. The van der Waals surface area contributed by atoms with Crippen molar-refractivity contribution in [2.75, 3.05) is 28.4 Å². The first-order chi connectivity index (χ1) is 13.0. The topological polar surface area (TPSA) is 146 Å². The Morgan fingerprint density at radius 1 is 0.643 bits per heavy atom. The summed E-state index contributed by atoms with van der Waals surface area (Å²) >= 11 is 0. The van der Waals surface area contributed by atoms with Crippen molar-refractivity contribution in [3.8, 4) is 45.3 Å². The number of benzene rings is 2. The summed E-state index contributed by atoms with van der Waals surface area (Å²) in [6, 6.07) is 2.84. The van der Waals surface area contributed by atoms with E-state index in [9.17, 15) is 25.9 Å². The molecule has 28 heavy (non-hydrogen) atoms. The van der Waals surface area contributed by atoms with Crippen molar-refractivity contribution < 1.29 is 44.9 Å². The van der Waals surface area contributed by atoms with Gasteiger partial charge in [0.15, 0.2) is 23.0 Å². The van der Waals surface area contributed by atoms with Gasteiger partial charge in [0, 0.05) is 11.1 Å². The van der Waals surface area contributed by atoms with Crippen molar-refractivity contribution in [1.29, 1.82) is 0 Å². The smallest absolute Gasteiger partial charge is 0.299 e. The lowest BCUT2D eigenvalue weighted by atomic mass is 9.79. The van der Waals surface area contributed by atoms with Gasteiger partial charge in [-0.25, -0.2) is 0 Å². The number of hydrogen-bond acceptors (Lipinski definition) is 8. The first-order valence-electron chi connectivity index (χ1n) is 7.54. The van der Waals surface area contributed by atoms with Crippen LogP contribution in [0.15, 0.2) is 21.9 Å². The maximum Gasteiger partial charge on any atom is 0.299 e. The molecule has 0 saturated carbocycles. The molecule has 0 saturated heterocycles. The van der Waals surface area contributed by atoms with Gasteiger partial charge in [-0.3, -0.25) is 9.11 Å². The van der Waals surface area contributed by atoms with Crippen LogP contribution in [0.4, 0.5) is 0 Å². The molecule has 0 radical (unpaired) electrons. The predicted octanol–water partition coefficient (Wildman–Crippen LogP) is 1.86. The highest BCUT2D eigenvalue weighted by Crippen LogP contribution is 2.60. The third-order valence-corrected chi connectivity index (χ3v) is 6.12. The van der Waals surface area contributed by atoms with Gasteiger partial charge in [-0.1, -0.05) is 0 Å². The van der Waals surface area contributed by atoms with Gasteiger partial charge in [0.1, 0.15) is 9.79 Å². The van der Waals surface area contributed by atoms with E-state index in [1.54, 1.807) is 0 Å². The molecule has 0 aromatic heterocycles. The van der Waals surface area contributed by atoms with E-state index in [0.29, 0.717) is 0 Å². The van der Waals surface area contributed by atoms with Gasteiger partial charge >= 0.3 is 0 Å². The van der Waals surface area contributed by atoms with Crippen LogP contribution in [0.3, 0.4) is 0 Å². The summed E-state index contributed by atoms with van der Waals surface area (Å²) < 4.78 is 88.3. The summed E-state index contributed by atoms with van der Waals surface area (Å²) in [7, 11) is -4.87. The lowest BCUT2D eigenvalue weighted by molar-refractivity contribution is 0.343. The van der Waals surface area contributed by atoms with Crippen molar-refractivity contribution in [2.24, 2.45) is 0 Å². The summed E-state index contributed by atoms with van der Waals surface area (Å²) in [5.41, 5.74) is 0.213. The van der Waals surface area contributed by atoms with Crippen LogP contribution >= 0.6 is 0 Å². The molecular weight excluding hydrogens is 416 g/mol. The van der Waals surface area contributed by atoms with Crippen LogP contribution in [0.2, 0.25) is 0 Å². The molecule has 0 unspecified atom stereocenters. The van der Waals surface area contributed by atoms with Crippen LogP contribution in [0.25, 0.3) is 22.3 Å². The number of ether oxygens (including phenoxy) is 4. The molecule has 0 fully saturated rings. The lowest BCUT2D eigenvalue weighted by Crippen LogP contribution is -2.16. The third kappa shape index (κ3) is 2.76. The molecule has 1 aliphatic rings. The summed E-state index contributed by atoms with van der Waals surface area (Å²) in [5.74, 6) is -0.624. The van der Waals surface area contributed by atoms with Crippen molar-refractivity contribution in [1.82, 2.24) is 0 Å². The van der Waals surface area contributed by atoms with Crippen LogP contribution in [0, 0.1) is 0 Å². The van der Waals surface area contributed by atoms with E-state index in [-0.39, 0.29) is 45.3 Å². The Labute approximate surface area is 161 Å². The van der Waals surface area contributed by atoms with Gasteiger partial charge in [-0.05, 0) is 23.3 Å². The van der Waals surface area contributed by atoms with Crippen LogP contribution < -0.4 is 18.9 Å². The van der Waals surface area contributed by atoms with Crippen LogP contribution in [0.5, 0.6) is 23.0 Å². The van der Waals surface area contributed by atoms with E-state index < -0.39 is 30.0 Å². The minimum Gasteiger partial charge on any atom is -0.493 e. The van der Waals surface area contributed by atoms with Crippen LogP contribution in [0.1, 0.15) is 0 Å². The second-order valence-electron chi connectivity index (χ2n) is 5.68.